The summed E-state index contributed by atoms with van der Waals surface area (Å²) >= 11 is 0. The van der Waals surface area contributed by atoms with Gasteiger partial charge in [0, 0.05) is 31.7 Å². The van der Waals surface area contributed by atoms with Crippen LogP contribution in [0.1, 0.15) is 37.5 Å². The van der Waals surface area contributed by atoms with Crippen LogP contribution in [0.25, 0.3) is 0 Å². The van der Waals surface area contributed by atoms with Crippen molar-refractivity contribution < 1.29 is 18.7 Å². The van der Waals surface area contributed by atoms with Crippen LogP contribution in [0.5, 0.6) is 0 Å². The van der Waals surface area contributed by atoms with Gasteiger partial charge in [-0.3, -0.25) is 4.79 Å². The van der Waals surface area contributed by atoms with Crippen LogP contribution in [0.3, 0.4) is 0 Å². The number of fused-ring (bicyclic) bond motifs is 1. The highest BCUT2D eigenvalue weighted by molar-refractivity contribution is 5.78. The van der Waals surface area contributed by atoms with E-state index in [9.17, 15) is 14.3 Å². The number of benzene rings is 1. The smallest absolute Gasteiger partial charge is 0.225 e. The van der Waals surface area contributed by atoms with E-state index in [1.54, 1.807) is 23.3 Å². The summed E-state index contributed by atoms with van der Waals surface area (Å²) in [5, 5.41) is 10.2. The number of nitrogens with zero attached hydrogens (tertiary/aromatic N) is 2. The molecule has 1 N–H and O–H groups in total. The number of rotatable bonds is 6. The van der Waals surface area contributed by atoms with Crippen LogP contribution < -0.4 is 4.90 Å². The van der Waals surface area contributed by atoms with Gasteiger partial charge in [0.25, 0.3) is 0 Å². The lowest BCUT2D eigenvalue weighted by Crippen LogP contribution is -2.40. The van der Waals surface area contributed by atoms with Crippen LogP contribution >= 0.6 is 0 Å². The summed E-state index contributed by atoms with van der Waals surface area (Å²) in [6.45, 7) is 3.63. The zero-order valence-electron chi connectivity index (χ0n) is 15.0. The Morgan fingerprint density at radius 1 is 1.31 bits per heavy atom. The molecule has 0 bridgehead atoms. The Kier molecular flexibility index (Phi) is 5.93. The van der Waals surface area contributed by atoms with Crippen LogP contribution in [0.2, 0.25) is 0 Å². The molecule has 26 heavy (non-hydrogen) atoms. The molecule has 1 atom stereocenters. The topological polar surface area (TPSA) is 56.9 Å². The quantitative estimate of drug-likeness (QED) is 0.859. The predicted octanol–water partition coefficient (Wildman–Crippen LogP) is 3.32. The van der Waals surface area contributed by atoms with Gasteiger partial charge >= 0.3 is 0 Å². The molecule has 2 heterocycles. The van der Waals surface area contributed by atoms with E-state index in [1.807, 2.05) is 17.9 Å². The molecule has 6 heteroatoms. The van der Waals surface area contributed by atoms with E-state index in [-0.39, 0.29) is 11.7 Å². The molecule has 0 saturated carbocycles. The number of hydrogen-bond acceptors (Lipinski definition) is 4. The van der Waals surface area contributed by atoms with Gasteiger partial charge < -0.3 is 19.3 Å². The molecule has 1 aliphatic heterocycles. The fourth-order valence-electron chi connectivity index (χ4n) is 3.40. The summed E-state index contributed by atoms with van der Waals surface area (Å²) in [4.78, 5) is 16.3. The molecular formula is C20H25FN2O3. The number of anilines is 1. The third-order valence-corrected chi connectivity index (χ3v) is 4.67. The number of carbonyl (C=O) groups is 1. The minimum atomic E-state index is -0.466. The zero-order chi connectivity index (χ0) is 18.5. The van der Waals surface area contributed by atoms with Crippen molar-refractivity contribution in [3.8, 4) is 0 Å². The van der Waals surface area contributed by atoms with Gasteiger partial charge in [0.1, 0.15) is 11.6 Å². The number of carbonyl (C=O) groups excluding carboxylic acids is 1. The van der Waals surface area contributed by atoms with Crippen molar-refractivity contribution in [1.82, 2.24) is 4.90 Å². The highest BCUT2D eigenvalue weighted by Gasteiger charge is 2.25. The van der Waals surface area contributed by atoms with Gasteiger partial charge in [-0.05, 0) is 42.3 Å². The normalized spacial score (nSPS) is 16.2. The lowest BCUT2D eigenvalue weighted by atomic mass is 10.1. The van der Waals surface area contributed by atoms with Crippen LogP contribution in [0.4, 0.5) is 10.1 Å². The number of β-amino-alcohol motifs (C(OH)–C–C–N with tert-alkyl or cyclic N) is 1. The zero-order valence-corrected chi connectivity index (χ0v) is 15.0. The Labute approximate surface area is 153 Å². The maximum absolute atomic E-state index is 13.9. The average molecular weight is 360 g/mol. The first kappa shape index (κ1) is 18.5. The van der Waals surface area contributed by atoms with E-state index in [1.165, 1.54) is 12.1 Å². The van der Waals surface area contributed by atoms with Gasteiger partial charge in [-0.25, -0.2) is 4.39 Å². The minimum absolute atomic E-state index is 0.00806. The second kappa shape index (κ2) is 8.36. The molecule has 0 saturated heterocycles. The highest BCUT2D eigenvalue weighted by Crippen LogP contribution is 2.27. The van der Waals surface area contributed by atoms with Gasteiger partial charge in [0.05, 0.1) is 18.9 Å². The lowest BCUT2D eigenvalue weighted by molar-refractivity contribution is -0.132. The second-order valence-corrected chi connectivity index (χ2v) is 6.74. The average Bonchev–Trinajstić information content (AvgIpc) is 3.10. The lowest BCUT2D eigenvalue weighted by Gasteiger charge is -2.34. The van der Waals surface area contributed by atoms with Crippen molar-refractivity contribution in [3.05, 3.63) is 53.7 Å². The molecule has 140 valence electrons. The minimum Gasteiger partial charge on any atom is -0.467 e. The fourth-order valence-corrected chi connectivity index (χ4v) is 3.40. The number of aliphatic hydroxyl groups is 1. The summed E-state index contributed by atoms with van der Waals surface area (Å²) in [5.74, 6) is 0.363. The van der Waals surface area contributed by atoms with Crippen molar-refractivity contribution in [2.24, 2.45) is 0 Å². The largest absolute Gasteiger partial charge is 0.467 e. The van der Waals surface area contributed by atoms with E-state index in [0.29, 0.717) is 44.8 Å². The number of halogens is 1. The summed E-state index contributed by atoms with van der Waals surface area (Å²) in [5.41, 5.74) is 1.62. The van der Waals surface area contributed by atoms with E-state index < -0.39 is 6.10 Å². The first-order chi connectivity index (χ1) is 12.6. The molecule has 1 aliphatic rings. The van der Waals surface area contributed by atoms with Crippen LogP contribution in [-0.4, -0.2) is 35.1 Å². The molecule has 1 unspecified atom stereocenters. The van der Waals surface area contributed by atoms with Crippen molar-refractivity contribution in [1.29, 1.82) is 0 Å². The van der Waals surface area contributed by atoms with Gasteiger partial charge in [0.2, 0.25) is 5.91 Å². The van der Waals surface area contributed by atoms with Crippen molar-refractivity contribution in [2.75, 3.05) is 18.0 Å². The monoisotopic (exact) mass is 360 g/mol. The van der Waals surface area contributed by atoms with Crippen molar-refractivity contribution in [2.45, 2.75) is 45.4 Å². The van der Waals surface area contributed by atoms with Crippen molar-refractivity contribution in [3.63, 3.8) is 0 Å². The molecule has 1 amide bonds. The van der Waals surface area contributed by atoms with Gasteiger partial charge in [-0.2, -0.15) is 0 Å². The first-order valence-electron chi connectivity index (χ1n) is 9.08. The van der Waals surface area contributed by atoms with Crippen LogP contribution in [0, 0.1) is 5.82 Å². The fraction of sp³-hybridized carbons (Fsp3) is 0.450. The van der Waals surface area contributed by atoms with Crippen LogP contribution in [-0.2, 0) is 17.9 Å². The summed E-state index contributed by atoms with van der Waals surface area (Å²) in [6.07, 6.45) is 3.05. The molecule has 1 aromatic heterocycles. The standard InChI is InChI=1S/C20H25FN2O3/c1-2-4-17(24)13-22-9-8-20(25)23(14-18-5-3-10-26-18)12-15-11-16(21)6-7-19(15)22/h3,5-7,10-11,17,24H,2,4,8-9,12-14H2,1H3. The molecule has 0 spiro atoms. The van der Waals surface area contributed by atoms with E-state index >= 15 is 0 Å². The SMILES string of the molecule is CCCC(O)CN1CCC(=O)N(Cc2ccco2)Cc2cc(F)ccc21. The molecule has 0 fully saturated rings. The summed E-state index contributed by atoms with van der Waals surface area (Å²) in [7, 11) is 0. The maximum Gasteiger partial charge on any atom is 0.225 e. The first-order valence-corrected chi connectivity index (χ1v) is 9.08. The third-order valence-electron chi connectivity index (χ3n) is 4.67. The Morgan fingerprint density at radius 2 is 2.15 bits per heavy atom. The Morgan fingerprint density at radius 3 is 2.88 bits per heavy atom. The molecule has 3 rings (SSSR count). The number of aliphatic hydroxyl groups excluding tert-OH is 1. The van der Waals surface area contributed by atoms with Crippen molar-refractivity contribution >= 4 is 11.6 Å². The molecular weight excluding hydrogens is 335 g/mol. The molecule has 0 radical (unpaired) electrons. The number of furan rings is 1. The van der Waals surface area contributed by atoms with E-state index in [2.05, 4.69) is 0 Å². The predicted molar refractivity (Wildman–Crippen MR) is 97.1 cm³/mol. The summed E-state index contributed by atoms with van der Waals surface area (Å²) in [6, 6.07) is 8.26. The molecule has 5 nitrogen and oxygen atoms in total. The number of amides is 1. The van der Waals surface area contributed by atoms with Gasteiger partial charge in [-0.1, -0.05) is 13.3 Å². The number of hydrogen-bond donors (Lipinski definition) is 1. The second-order valence-electron chi connectivity index (χ2n) is 6.74. The Hall–Kier alpha value is -2.34. The summed E-state index contributed by atoms with van der Waals surface area (Å²) < 4.78 is 19.2. The van der Waals surface area contributed by atoms with Gasteiger partial charge in [0.15, 0.2) is 0 Å². The van der Waals surface area contributed by atoms with Gasteiger partial charge in [-0.15, -0.1) is 0 Å². The highest BCUT2D eigenvalue weighted by atomic mass is 19.1. The van der Waals surface area contributed by atoms with E-state index in [4.69, 9.17) is 4.42 Å². The third kappa shape index (κ3) is 4.43. The Bertz CT molecular complexity index is 733. The maximum atomic E-state index is 13.9. The van der Waals surface area contributed by atoms with E-state index in [0.717, 1.165) is 17.7 Å². The molecule has 2 aromatic rings. The molecule has 0 aliphatic carbocycles. The van der Waals surface area contributed by atoms with Crippen LogP contribution in [0.15, 0.2) is 41.0 Å². The Balaban J connectivity index is 1.86. The molecule has 1 aromatic carbocycles.